The zero-order chi connectivity index (χ0) is 17.9. The van der Waals surface area contributed by atoms with Gasteiger partial charge in [-0.3, -0.25) is 9.59 Å². The predicted octanol–water partition coefficient (Wildman–Crippen LogP) is 2.01. The van der Waals surface area contributed by atoms with Gasteiger partial charge in [0.05, 0.1) is 24.3 Å². The summed E-state index contributed by atoms with van der Waals surface area (Å²) in [6.07, 6.45) is 0.368. The van der Waals surface area contributed by atoms with Crippen LogP contribution in [0.4, 0.5) is 18.9 Å². The lowest BCUT2D eigenvalue weighted by atomic mass is 10.2. The van der Waals surface area contributed by atoms with Crippen LogP contribution in [-0.2, 0) is 15.8 Å². The third-order valence-electron chi connectivity index (χ3n) is 3.16. The fraction of sp³-hybridized carbons (Fsp3) is 0.357. The van der Waals surface area contributed by atoms with E-state index < -0.39 is 29.2 Å². The number of anilines is 1. The summed E-state index contributed by atoms with van der Waals surface area (Å²) in [4.78, 5) is 31.8. The summed E-state index contributed by atoms with van der Waals surface area (Å²) >= 11 is 0. The van der Waals surface area contributed by atoms with Crippen molar-refractivity contribution in [3.8, 4) is 5.69 Å². The minimum absolute atomic E-state index is 0.0365. The molecule has 0 aliphatic carbocycles. The highest BCUT2D eigenvalue weighted by molar-refractivity contribution is 6.41. The molecule has 0 saturated carbocycles. The van der Waals surface area contributed by atoms with E-state index in [1.54, 1.807) is 6.92 Å². The lowest BCUT2D eigenvalue weighted by molar-refractivity contribution is -0.141. The molecular weight excluding hydrogens is 327 g/mol. The quantitative estimate of drug-likeness (QED) is 0.777. The summed E-state index contributed by atoms with van der Waals surface area (Å²) < 4.78 is 40.6. The molecule has 0 aromatic carbocycles. The van der Waals surface area contributed by atoms with Gasteiger partial charge in [-0.2, -0.15) is 18.3 Å². The SMILES string of the molecule is CCCC(=O)C(=O)N(C)c1cn(-c2cncnc2)nc1C(F)(F)F. The number of alkyl halides is 3. The maximum Gasteiger partial charge on any atom is 0.437 e. The number of amides is 1. The van der Waals surface area contributed by atoms with E-state index in [0.717, 1.165) is 17.9 Å². The van der Waals surface area contributed by atoms with Gasteiger partial charge in [0.25, 0.3) is 5.91 Å². The van der Waals surface area contributed by atoms with Gasteiger partial charge in [0.2, 0.25) is 5.78 Å². The molecule has 0 radical (unpaired) electrons. The highest BCUT2D eigenvalue weighted by Gasteiger charge is 2.40. The van der Waals surface area contributed by atoms with Gasteiger partial charge < -0.3 is 4.90 Å². The third-order valence-corrected chi connectivity index (χ3v) is 3.16. The Hall–Kier alpha value is -2.78. The van der Waals surface area contributed by atoms with Gasteiger partial charge in [0, 0.05) is 13.5 Å². The first-order valence-electron chi connectivity index (χ1n) is 6.98. The molecule has 1 amide bonds. The number of carbonyl (C=O) groups excluding carboxylic acids is 2. The van der Waals surface area contributed by atoms with Gasteiger partial charge in [-0.15, -0.1) is 0 Å². The van der Waals surface area contributed by atoms with Gasteiger partial charge in [-0.25, -0.2) is 14.6 Å². The van der Waals surface area contributed by atoms with Crippen LogP contribution in [0.25, 0.3) is 5.69 Å². The normalized spacial score (nSPS) is 11.4. The van der Waals surface area contributed by atoms with Gasteiger partial charge in [-0.05, 0) is 6.42 Å². The number of hydrogen-bond donors (Lipinski definition) is 0. The van der Waals surface area contributed by atoms with Crippen molar-refractivity contribution in [1.82, 2.24) is 19.7 Å². The first kappa shape index (κ1) is 17.6. The zero-order valence-electron chi connectivity index (χ0n) is 12.9. The van der Waals surface area contributed by atoms with Crippen LogP contribution in [0.2, 0.25) is 0 Å². The molecule has 7 nitrogen and oxygen atoms in total. The number of aromatic nitrogens is 4. The molecule has 0 atom stereocenters. The number of ketones is 1. The van der Waals surface area contributed by atoms with Crippen molar-refractivity contribution in [2.45, 2.75) is 25.9 Å². The molecule has 0 aliphatic rings. The van der Waals surface area contributed by atoms with E-state index in [1.807, 2.05) is 0 Å². The van der Waals surface area contributed by atoms with Gasteiger partial charge in [0.1, 0.15) is 12.0 Å². The topological polar surface area (TPSA) is 81.0 Å². The van der Waals surface area contributed by atoms with Crippen LogP contribution in [0.15, 0.2) is 24.9 Å². The molecule has 0 N–H and O–H groups in total. The van der Waals surface area contributed by atoms with Crippen molar-refractivity contribution in [3.63, 3.8) is 0 Å². The summed E-state index contributed by atoms with van der Waals surface area (Å²) in [5.41, 5.74) is -1.60. The average Bonchev–Trinajstić information content (AvgIpc) is 3.00. The van der Waals surface area contributed by atoms with Crippen molar-refractivity contribution in [2.75, 3.05) is 11.9 Å². The van der Waals surface area contributed by atoms with Crippen molar-refractivity contribution >= 4 is 17.4 Å². The number of carbonyl (C=O) groups is 2. The summed E-state index contributed by atoms with van der Waals surface area (Å²) in [5, 5.41) is 3.47. The van der Waals surface area contributed by atoms with E-state index in [4.69, 9.17) is 0 Å². The lowest BCUT2D eigenvalue weighted by Crippen LogP contribution is -2.34. The maximum absolute atomic E-state index is 13.2. The second-order valence-corrected chi connectivity index (χ2v) is 4.94. The second kappa shape index (κ2) is 6.77. The molecule has 0 unspecified atom stereocenters. The predicted molar refractivity (Wildman–Crippen MR) is 77.5 cm³/mol. The number of hydrogen-bond acceptors (Lipinski definition) is 5. The Bertz CT molecular complexity index is 743. The highest BCUT2D eigenvalue weighted by atomic mass is 19.4. The molecule has 0 aliphatic heterocycles. The molecular formula is C14H14F3N5O2. The van der Waals surface area contributed by atoms with E-state index in [0.29, 0.717) is 11.3 Å². The van der Waals surface area contributed by atoms with Crippen LogP contribution >= 0.6 is 0 Å². The standard InChI is InChI=1S/C14H14F3N5O2/c1-3-4-11(23)13(24)21(2)10-7-22(9-5-18-8-19-6-9)20-12(10)14(15,16)17/h5-8H,3-4H2,1-2H3. The van der Waals surface area contributed by atoms with Crippen molar-refractivity contribution in [1.29, 1.82) is 0 Å². The molecule has 24 heavy (non-hydrogen) atoms. The molecule has 0 spiro atoms. The molecule has 2 aromatic heterocycles. The largest absolute Gasteiger partial charge is 0.437 e. The smallest absolute Gasteiger partial charge is 0.305 e. The Balaban J connectivity index is 2.46. The molecule has 128 valence electrons. The Kier molecular flexibility index (Phi) is 4.96. The Morgan fingerprint density at radius 1 is 1.25 bits per heavy atom. The fourth-order valence-corrected chi connectivity index (χ4v) is 1.98. The van der Waals surface area contributed by atoms with E-state index in [-0.39, 0.29) is 12.1 Å². The minimum Gasteiger partial charge on any atom is -0.305 e. The number of halogens is 3. The molecule has 10 heteroatoms. The Morgan fingerprint density at radius 2 is 1.88 bits per heavy atom. The van der Waals surface area contributed by atoms with E-state index in [1.165, 1.54) is 18.7 Å². The summed E-state index contributed by atoms with van der Waals surface area (Å²) in [7, 11) is 1.11. The minimum atomic E-state index is -4.79. The van der Waals surface area contributed by atoms with Crippen LogP contribution in [0.5, 0.6) is 0 Å². The molecule has 2 aromatic rings. The monoisotopic (exact) mass is 341 g/mol. The Morgan fingerprint density at radius 3 is 2.42 bits per heavy atom. The van der Waals surface area contributed by atoms with Crippen LogP contribution in [0.3, 0.4) is 0 Å². The van der Waals surface area contributed by atoms with E-state index >= 15 is 0 Å². The Labute approximate surface area is 135 Å². The van der Waals surface area contributed by atoms with Crippen LogP contribution in [0, 0.1) is 0 Å². The van der Waals surface area contributed by atoms with Crippen LogP contribution in [-0.4, -0.2) is 38.5 Å². The van der Waals surface area contributed by atoms with Crippen LogP contribution in [0.1, 0.15) is 25.5 Å². The van der Waals surface area contributed by atoms with Gasteiger partial charge in [-0.1, -0.05) is 6.92 Å². The summed E-state index contributed by atoms with van der Waals surface area (Å²) in [5.74, 6) is -1.78. The molecule has 0 bridgehead atoms. The molecule has 2 heterocycles. The van der Waals surface area contributed by atoms with Crippen molar-refractivity contribution in [2.24, 2.45) is 0 Å². The first-order chi connectivity index (χ1) is 11.3. The zero-order valence-corrected chi connectivity index (χ0v) is 12.9. The number of likely N-dealkylation sites (N-methyl/N-ethyl adjacent to an activating group) is 1. The number of Topliss-reactive ketones (excluding diaryl/α,β-unsaturated/α-hetero) is 1. The highest BCUT2D eigenvalue weighted by Crippen LogP contribution is 2.35. The molecule has 0 fully saturated rings. The van der Waals surface area contributed by atoms with Gasteiger partial charge in [0.15, 0.2) is 5.69 Å². The summed E-state index contributed by atoms with van der Waals surface area (Å²) in [6.45, 7) is 1.69. The maximum atomic E-state index is 13.2. The average molecular weight is 341 g/mol. The molecule has 0 saturated heterocycles. The van der Waals surface area contributed by atoms with Crippen LogP contribution < -0.4 is 4.90 Å². The molecule has 2 rings (SSSR count). The fourth-order valence-electron chi connectivity index (χ4n) is 1.98. The second-order valence-electron chi connectivity index (χ2n) is 4.94. The first-order valence-corrected chi connectivity index (χ1v) is 6.98. The van der Waals surface area contributed by atoms with Crippen molar-refractivity contribution < 1.29 is 22.8 Å². The van der Waals surface area contributed by atoms with Crippen molar-refractivity contribution in [3.05, 3.63) is 30.6 Å². The number of nitrogens with zero attached hydrogens (tertiary/aromatic N) is 5. The van der Waals surface area contributed by atoms with Gasteiger partial charge >= 0.3 is 6.18 Å². The van der Waals surface area contributed by atoms with E-state index in [2.05, 4.69) is 15.1 Å². The lowest BCUT2D eigenvalue weighted by Gasteiger charge is -2.16. The third kappa shape index (κ3) is 3.58. The number of rotatable bonds is 5. The summed E-state index contributed by atoms with van der Waals surface area (Å²) in [6, 6.07) is 0. The van der Waals surface area contributed by atoms with E-state index in [9.17, 15) is 22.8 Å².